The fourth-order valence-electron chi connectivity index (χ4n) is 4.91. The summed E-state index contributed by atoms with van der Waals surface area (Å²) in [6.07, 6.45) is 0. The summed E-state index contributed by atoms with van der Waals surface area (Å²) in [6.45, 7) is 0. The lowest BCUT2D eigenvalue weighted by Crippen LogP contribution is -1.94. The highest BCUT2D eigenvalue weighted by Crippen LogP contribution is 2.40. The van der Waals surface area contributed by atoms with E-state index in [2.05, 4.69) is 127 Å². The molecule has 7 aromatic rings. The van der Waals surface area contributed by atoms with Gasteiger partial charge in [0.15, 0.2) is 5.82 Å². The van der Waals surface area contributed by atoms with Gasteiger partial charge in [-0.05, 0) is 40.5 Å². The molecule has 0 fully saturated rings. The van der Waals surface area contributed by atoms with E-state index in [1.807, 2.05) is 6.07 Å². The third-order valence-electron chi connectivity index (χ3n) is 6.71. The topological polar surface area (TPSA) is 25.8 Å². The van der Waals surface area contributed by atoms with Crippen LogP contribution in [0.1, 0.15) is 0 Å². The Hall–Kier alpha value is -4.60. The highest BCUT2D eigenvalue weighted by atomic mass is 32.1. The molecule has 0 aliphatic rings. The number of rotatable bonds is 4. The highest BCUT2D eigenvalue weighted by Gasteiger charge is 2.17. The van der Waals surface area contributed by atoms with E-state index in [-0.39, 0.29) is 0 Å². The van der Waals surface area contributed by atoms with Crippen LogP contribution in [0.2, 0.25) is 0 Å². The molecule has 37 heavy (non-hydrogen) atoms. The molecule has 0 amide bonds. The van der Waals surface area contributed by atoms with Gasteiger partial charge >= 0.3 is 0 Å². The Morgan fingerprint density at radius 3 is 1.68 bits per heavy atom. The van der Waals surface area contributed by atoms with Crippen molar-refractivity contribution in [2.24, 2.45) is 0 Å². The normalized spacial score (nSPS) is 11.2. The smallest absolute Gasteiger partial charge is 0.161 e. The van der Waals surface area contributed by atoms with Crippen molar-refractivity contribution in [3.05, 3.63) is 133 Å². The molecule has 0 radical (unpaired) electrons. The molecular weight excluding hydrogens is 468 g/mol. The molecule has 0 aliphatic carbocycles. The van der Waals surface area contributed by atoms with E-state index in [4.69, 9.17) is 9.97 Å². The number of hydrogen-bond donors (Lipinski definition) is 0. The monoisotopic (exact) mass is 490 g/mol. The van der Waals surface area contributed by atoms with Crippen LogP contribution in [0.15, 0.2) is 133 Å². The molecule has 0 atom stereocenters. The number of fused-ring (bicyclic) bond motifs is 3. The minimum absolute atomic E-state index is 0.747. The summed E-state index contributed by atoms with van der Waals surface area (Å²) in [5, 5.41) is 2.32. The van der Waals surface area contributed by atoms with Crippen molar-refractivity contribution < 1.29 is 0 Å². The van der Waals surface area contributed by atoms with E-state index in [9.17, 15) is 0 Å². The van der Waals surface area contributed by atoms with Crippen LogP contribution in [-0.4, -0.2) is 9.97 Å². The zero-order valence-electron chi connectivity index (χ0n) is 20.0. The summed E-state index contributed by atoms with van der Waals surface area (Å²) in [7, 11) is 0. The van der Waals surface area contributed by atoms with Gasteiger partial charge in [-0.15, -0.1) is 11.3 Å². The van der Waals surface area contributed by atoms with E-state index in [1.54, 1.807) is 11.3 Å². The molecule has 2 nitrogen and oxygen atoms in total. The van der Waals surface area contributed by atoms with Crippen molar-refractivity contribution in [2.45, 2.75) is 0 Å². The fourth-order valence-corrected chi connectivity index (χ4v) is 5.98. The molecule has 0 unspecified atom stereocenters. The maximum atomic E-state index is 5.23. The summed E-state index contributed by atoms with van der Waals surface area (Å²) in [5.74, 6) is 0.747. The van der Waals surface area contributed by atoms with E-state index in [0.717, 1.165) is 38.4 Å². The molecule has 2 aromatic heterocycles. The van der Waals surface area contributed by atoms with Crippen LogP contribution in [0.3, 0.4) is 0 Å². The number of thiophene rings is 1. The fraction of sp³-hybridized carbons (Fsp3) is 0. The number of benzene rings is 5. The van der Waals surface area contributed by atoms with Gasteiger partial charge in [-0.25, -0.2) is 9.97 Å². The molecule has 0 bridgehead atoms. The Morgan fingerprint density at radius 2 is 0.973 bits per heavy atom. The zero-order valence-corrected chi connectivity index (χ0v) is 20.8. The quantitative estimate of drug-likeness (QED) is 0.245. The highest BCUT2D eigenvalue weighted by molar-refractivity contribution is 7.25. The molecule has 0 aliphatic heterocycles. The first-order chi connectivity index (χ1) is 18.3. The Morgan fingerprint density at radius 1 is 0.432 bits per heavy atom. The van der Waals surface area contributed by atoms with Crippen LogP contribution < -0.4 is 0 Å². The van der Waals surface area contributed by atoms with Gasteiger partial charge < -0.3 is 0 Å². The predicted molar refractivity (Wildman–Crippen MR) is 157 cm³/mol. The molecule has 7 rings (SSSR count). The van der Waals surface area contributed by atoms with Crippen LogP contribution in [0, 0.1) is 0 Å². The van der Waals surface area contributed by atoms with Crippen LogP contribution in [0.4, 0.5) is 0 Å². The van der Waals surface area contributed by atoms with Crippen molar-refractivity contribution in [2.75, 3.05) is 0 Å². The first-order valence-corrected chi connectivity index (χ1v) is 13.2. The molecule has 5 aromatic carbocycles. The summed E-state index contributed by atoms with van der Waals surface area (Å²) >= 11 is 1.73. The van der Waals surface area contributed by atoms with Crippen LogP contribution in [0.25, 0.3) is 65.2 Å². The van der Waals surface area contributed by atoms with Gasteiger partial charge in [0.2, 0.25) is 0 Å². The van der Waals surface area contributed by atoms with E-state index in [0.29, 0.717) is 0 Å². The van der Waals surface area contributed by atoms with Crippen molar-refractivity contribution in [1.82, 2.24) is 9.97 Å². The maximum absolute atomic E-state index is 5.23. The van der Waals surface area contributed by atoms with Crippen molar-refractivity contribution in [3.8, 4) is 44.9 Å². The molecule has 174 valence electrons. The Labute approximate surface area is 219 Å². The Balaban J connectivity index is 1.46. The second kappa shape index (κ2) is 9.12. The summed E-state index contributed by atoms with van der Waals surface area (Å²) in [6, 6.07) is 46.7. The Bertz CT molecular complexity index is 1870. The lowest BCUT2D eigenvalue weighted by Gasteiger charge is -2.10. The first kappa shape index (κ1) is 21.7. The average molecular weight is 491 g/mol. The third-order valence-corrected chi connectivity index (χ3v) is 7.77. The molecule has 0 saturated heterocycles. The standard InChI is InChI=1S/C34H22N2S/c1-3-11-23(12-4-1)25-15-9-17-27(21-25)32-31-29-19-7-8-20-30(29)37-34(31)36-33(35-32)28-18-10-16-26(22-28)24-13-5-2-6-14-24/h1-22H. The number of hydrogen-bond acceptors (Lipinski definition) is 3. The molecule has 0 spiro atoms. The maximum Gasteiger partial charge on any atom is 0.161 e. The lowest BCUT2D eigenvalue weighted by atomic mass is 9.99. The van der Waals surface area contributed by atoms with Crippen molar-refractivity contribution in [3.63, 3.8) is 0 Å². The summed E-state index contributed by atoms with van der Waals surface area (Å²) in [4.78, 5) is 11.3. The first-order valence-electron chi connectivity index (χ1n) is 12.3. The number of nitrogens with zero attached hydrogens (tertiary/aromatic N) is 2. The predicted octanol–water partition coefficient (Wildman–Crippen LogP) is 9.51. The van der Waals surface area contributed by atoms with Crippen LogP contribution >= 0.6 is 11.3 Å². The second-order valence-electron chi connectivity index (χ2n) is 9.07. The number of aromatic nitrogens is 2. The lowest BCUT2D eigenvalue weighted by molar-refractivity contribution is 1.24. The van der Waals surface area contributed by atoms with E-state index in [1.165, 1.54) is 26.8 Å². The molecule has 2 heterocycles. The average Bonchev–Trinajstić information content (AvgIpc) is 3.36. The van der Waals surface area contributed by atoms with Gasteiger partial charge in [-0.3, -0.25) is 0 Å². The minimum atomic E-state index is 0.747. The van der Waals surface area contributed by atoms with E-state index >= 15 is 0 Å². The van der Waals surface area contributed by atoms with Crippen molar-refractivity contribution >= 4 is 31.6 Å². The van der Waals surface area contributed by atoms with Gasteiger partial charge in [0.25, 0.3) is 0 Å². The second-order valence-corrected chi connectivity index (χ2v) is 10.1. The molecular formula is C34H22N2S. The molecule has 3 heteroatoms. The van der Waals surface area contributed by atoms with Gasteiger partial charge in [0, 0.05) is 26.6 Å². The van der Waals surface area contributed by atoms with Crippen LogP contribution in [-0.2, 0) is 0 Å². The van der Waals surface area contributed by atoms with Crippen molar-refractivity contribution in [1.29, 1.82) is 0 Å². The van der Waals surface area contributed by atoms with E-state index < -0.39 is 0 Å². The van der Waals surface area contributed by atoms with Gasteiger partial charge in [-0.2, -0.15) is 0 Å². The summed E-state index contributed by atoms with van der Waals surface area (Å²) in [5.41, 5.74) is 7.80. The van der Waals surface area contributed by atoms with Gasteiger partial charge in [-0.1, -0.05) is 115 Å². The largest absolute Gasteiger partial charge is 0.227 e. The third kappa shape index (κ3) is 4.00. The molecule has 0 N–H and O–H groups in total. The SMILES string of the molecule is c1ccc(-c2cccc(-c3nc(-c4cccc(-c5ccccc5)c4)c4c(n3)sc3ccccc34)c2)cc1. The van der Waals surface area contributed by atoms with Gasteiger partial charge in [0.1, 0.15) is 4.83 Å². The zero-order chi connectivity index (χ0) is 24.6. The van der Waals surface area contributed by atoms with Gasteiger partial charge in [0.05, 0.1) is 5.69 Å². The minimum Gasteiger partial charge on any atom is -0.227 e. The van der Waals surface area contributed by atoms with Crippen LogP contribution in [0.5, 0.6) is 0 Å². The summed E-state index contributed by atoms with van der Waals surface area (Å²) < 4.78 is 1.22. The Kier molecular flexibility index (Phi) is 5.34. The molecule has 0 saturated carbocycles.